The third-order valence-corrected chi connectivity index (χ3v) is 3.45. The van der Waals surface area contributed by atoms with E-state index in [0.29, 0.717) is 18.0 Å². The van der Waals surface area contributed by atoms with Crippen molar-refractivity contribution in [2.24, 2.45) is 5.73 Å². The van der Waals surface area contributed by atoms with E-state index in [-0.39, 0.29) is 11.9 Å². The average molecular weight is 280 g/mol. The third kappa shape index (κ3) is 5.03. The van der Waals surface area contributed by atoms with Crippen LogP contribution in [0.25, 0.3) is 0 Å². The van der Waals surface area contributed by atoms with Gasteiger partial charge in [0.25, 0.3) is 5.91 Å². The number of amides is 1. The van der Waals surface area contributed by atoms with Crippen LogP contribution in [0.5, 0.6) is 0 Å². The smallest absolute Gasteiger partial charge is 0.262 e. The highest BCUT2D eigenvalue weighted by atomic mass is 32.1. The Labute approximate surface area is 118 Å². The first kappa shape index (κ1) is 15.7. The van der Waals surface area contributed by atoms with Crippen LogP contribution in [0.2, 0.25) is 0 Å². The standard InChI is InChI=1S/C14H20N2O2S/c1-3-5-12(10-18-2)16-14(17)13-11(6-4-8-15)7-9-19-13/h7,9,12H,3,5,8,10,15H2,1-2H3,(H,16,17). The maximum atomic E-state index is 12.2. The molecule has 4 nitrogen and oxygen atoms in total. The summed E-state index contributed by atoms with van der Waals surface area (Å²) < 4.78 is 5.11. The molecule has 0 aromatic carbocycles. The van der Waals surface area contributed by atoms with Crippen molar-refractivity contribution in [1.29, 1.82) is 0 Å². The summed E-state index contributed by atoms with van der Waals surface area (Å²) in [5.41, 5.74) is 6.08. The second-order valence-electron chi connectivity index (χ2n) is 4.08. The van der Waals surface area contributed by atoms with Gasteiger partial charge >= 0.3 is 0 Å². The van der Waals surface area contributed by atoms with Gasteiger partial charge in [-0.1, -0.05) is 25.2 Å². The Balaban J connectivity index is 2.74. The first-order chi connectivity index (χ1) is 9.22. The highest BCUT2D eigenvalue weighted by Crippen LogP contribution is 2.16. The molecule has 0 fully saturated rings. The number of hydrogen-bond donors (Lipinski definition) is 2. The lowest BCUT2D eigenvalue weighted by molar-refractivity contribution is 0.0895. The van der Waals surface area contributed by atoms with Crippen LogP contribution in [0.3, 0.4) is 0 Å². The Bertz CT molecular complexity index is 454. The van der Waals surface area contributed by atoms with E-state index in [1.165, 1.54) is 11.3 Å². The van der Waals surface area contributed by atoms with E-state index < -0.39 is 0 Å². The molecule has 19 heavy (non-hydrogen) atoms. The number of nitrogens with one attached hydrogen (secondary N) is 1. The van der Waals surface area contributed by atoms with Gasteiger partial charge in [-0.25, -0.2) is 0 Å². The Hall–Kier alpha value is -1.35. The number of carbonyl (C=O) groups excluding carboxylic acids is 1. The number of hydrogen-bond acceptors (Lipinski definition) is 4. The molecule has 1 atom stereocenters. The highest BCUT2D eigenvalue weighted by Gasteiger charge is 2.16. The summed E-state index contributed by atoms with van der Waals surface area (Å²) in [7, 11) is 1.64. The highest BCUT2D eigenvalue weighted by molar-refractivity contribution is 7.12. The molecule has 0 spiro atoms. The Morgan fingerprint density at radius 3 is 3.05 bits per heavy atom. The molecule has 0 aliphatic carbocycles. The van der Waals surface area contributed by atoms with E-state index >= 15 is 0 Å². The number of carbonyl (C=O) groups is 1. The fraction of sp³-hybridized carbons (Fsp3) is 0.500. The maximum Gasteiger partial charge on any atom is 0.262 e. The molecule has 3 N–H and O–H groups in total. The minimum Gasteiger partial charge on any atom is -0.383 e. The van der Waals surface area contributed by atoms with Crippen LogP contribution < -0.4 is 11.1 Å². The quantitative estimate of drug-likeness (QED) is 0.778. The van der Waals surface area contributed by atoms with E-state index in [9.17, 15) is 4.79 Å². The summed E-state index contributed by atoms with van der Waals surface area (Å²) in [4.78, 5) is 12.8. The van der Waals surface area contributed by atoms with Gasteiger partial charge in [-0.2, -0.15) is 0 Å². The fourth-order valence-electron chi connectivity index (χ4n) is 1.73. The van der Waals surface area contributed by atoms with Gasteiger partial charge in [0, 0.05) is 12.7 Å². The lowest BCUT2D eigenvalue weighted by Crippen LogP contribution is -2.37. The molecule has 104 valence electrons. The van der Waals surface area contributed by atoms with Crippen LogP contribution >= 0.6 is 11.3 Å². The second kappa shape index (κ2) is 8.70. The molecule has 0 aliphatic rings. The molecule has 0 radical (unpaired) electrons. The van der Waals surface area contributed by atoms with Crippen LogP contribution in [0.15, 0.2) is 11.4 Å². The SMILES string of the molecule is CCCC(COC)NC(=O)c1sccc1C#CCN. The minimum absolute atomic E-state index is 0.0416. The summed E-state index contributed by atoms with van der Waals surface area (Å²) in [5.74, 6) is 5.59. The van der Waals surface area contributed by atoms with E-state index in [1.54, 1.807) is 7.11 Å². The molecule has 5 heteroatoms. The first-order valence-corrected chi connectivity index (χ1v) is 7.17. The summed E-state index contributed by atoms with van der Waals surface area (Å²) in [6.07, 6.45) is 1.90. The predicted molar refractivity (Wildman–Crippen MR) is 78.3 cm³/mol. The molecule has 0 saturated carbocycles. The molecule has 1 amide bonds. The lowest BCUT2D eigenvalue weighted by Gasteiger charge is -2.16. The van der Waals surface area contributed by atoms with Gasteiger partial charge in [-0.3, -0.25) is 4.79 Å². The normalized spacial score (nSPS) is 11.5. The third-order valence-electron chi connectivity index (χ3n) is 2.54. The zero-order valence-electron chi connectivity index (χ0n) is 11.4. The largest absolute Gasteiger partial charge is 0.383 e. The molecular formula is C14H20N2O2S. The fourth-order valence-corrected chi connectivity index (χ4v) is 2.48. The number of thiophene rings is 1. The van der Waals surface area contributed by atoms with Crippen LogP contribution in [0.1, 0.15) is 35.0 Å². The van der Waals surface area contributed by atoms with Crippen molar-refractivity contribution >= 4 is 17.2 Å². The van der Waals surface area contributed by atoms with E-state index in [1.807, 2.05) is 11.4 Å². The van der Waals surface area contributed by atoms with E-state index in [0.717, 1.165) is 18.4 Å². The van der Waals surface area contributed by atoms with Gasteiger partial charge < -0.3 is 15.8 Å². The van der Waals surface area contributed by atoms with Crippen LogP contribution in [-0.4, -0.2) is 32.2 Å². The average Bonchev–Trinajstić information content (AvgIpc) is 2.85. The summed E-state index contributed by atoms with van der Waals surface area (Å²) in [6.45, 7) is 2.89. The Morgan fingerprint density at radius 1 is 1.63 bits per heavy atom. The molecule has 0 aliphatic heterocycles. The molecular weight excluding hydrogens is 260 g/mol. The zero-order valence-corrected chi connectivity index (χ0v) is 12.2. The monoisotopic (exact) mass is 280 g/mol. The van der Waals surface area contributed by atoms with Crippen LogP contribution in [0, 0.1) is 11.8 Å². The Morgan fingerprint density at radius 2 is 2.42 bits per heavy atom. The van der Waals surface area contributed by atoms with Gasteiger partial charge in [-0.05, 0) is 17.9 Å². The van der Waals surface area contributed by atoms with Gasteiger partial charge in [-0.15, -0.1) is 11.3 Å². The number of ether oxygens (including phenoxy) is 1. The van der Waals surface area contributed by atoms with Crippen molar-refractivity contribution < 1.29 is 9.53 Å². The summed E-state index contributed by atoms with van der Waals surface area (Å²) in [6, 6.07) is 1.88. The molecule has 0 saturated heterocycles. The van der Waals surface area contributed by atoms with Gasteiger partial charge in [0.15, 0.2) is 0 Å². The molecule has 0 bridgehead atoms. The van der Waals surface area contributed by atoms with Crippen molar-refractivity contribution in [2.75, 3.05) is 20.3 Å². The summed E-state index contributed by atoms with van der Waals surface area (Å²) in [5, 5.41) is 4.85. The maximum absolute atomic E-state index is 12.2. The second-order valence-corrected chi connectivity index (χ2v) is 5.00. The predicted octanol–water partition coefficient (Wildman–Crippen LogP) is 1.60. The Kier molecular flexibility index (Phi) is 7.19. The van der Waals surface area contributed by atoms with Gasteiger partial charge in [0.05, 0.1) is 19.2 Å². The van der Waals surface area contributed by atoms with Gasteiger partial charge in [0.1, 0.15) is 4.88 Å². The molecule has 1 unspecified atom stereocenters. The number of methoxy groups -OCH3 is 1. The summed E-state index contributed by atoms with van der Waals surface area (Å²) >= 11 is 1.39. The van der Waals surface area contributed by atoms with Crippen molar-refractivity contribution in [3.8, 4) is 11.8 Å². The molecule has 1 aromatic rings. The van der Waals surface area contributed by atoms with Crippen LogP contribution in [0.4, 0.5) is 0 Å². The topological polar surface area (TPSA) is 64.3 Å². The van der Waals surface area contributed by atoms with Crippen molar-refractivity contribution in [1.82, 2.24) is 5.32 Å². The molecule has 1 rings (SSSR count). The number of rotatable bonds is 6. The minimum atomic E-state index is -0.0909. The van der Waals surface area contributed by atoms with Gasteiger partial charge in [0.2, 0.25) is 0 Å². The molecule has 1 aromatic heterocycles. The first-order valence-electron chi connectivity index (χ1n) is 6.29. The van der Waals surface area contributed by atoms with E-state index in [4.69, 9.17) is 10.5 Å². The van der Waals surface area contributed by atoms with Crippen molar-refractivity contribution in [2.45, 2.75) is 25.8 Å². The van der Waals surface area contributed by atoms with Crippen molar-refractivity contribution in [3.05, 3.63) is 21.9 Å². The lowest BCUT2D eigenvalue weighted by atomic mass is 10.1. The van der Waals surface area contributed by atoms with Crippen LogP contribution in [-0.2, 0) is 4.74 Å². The zero-order chi connectivity index (χ0) is 14.1. The van der Waals surface area contributed by atoms with E-state index in [2.05, 4.69) is 24.1 Å². The molecule has 1 heterocycles. The van der Waals surface area contributed by atoms with Crippen molar-refractivity contribution in [3.63, 3.8) is 0 Å². The number of nitrogens with two attached hydrogens (primary N) is 1.